The fourth-order valence-electron chi connectivity index (χ4n) is 2.50. The van der Waals surface area contributed by atoms with Crippen LogP contribution in [0.1, 0.15) is 16.7 Å². The molecule has 0 fully saturated rings. The van der Waals surface area contributed by atoms with Crippen LogP contribution in [0.15, 0.2) is 40.7 Å². The maximum Gasteiger partial charge on any atom is 0.236 e. The second kappa shape index (κ2) is 6.64. The highest BCUT2D eigenvalue weighted by molar-refractivity contribution is 7.92. The van der Waals surface area contributed by atoms with Crippen molar-refractivity contribution in [2.45, 2.75) is 23.9 Å². The van der Waals surface area contributed by atoms with Crippen molar-refractivity contribution in [3.05, 3.63) is 53.1 Å². The largest absolute Gasteiger partial charge is 0.283 e. The number of sulfone groups is 1. The van der Waals surface area contributed by atoms with E-state index in [0.29, 0.717) is 15.9 Å². The van der Waals surface area contributed by atoms with Crippen molar-refractivity contribution in [2.75, 3.05) is 11.0 Å². The number of hydrogen-bond donors (Lipinski definition) is 1. The number of nitrogens with one attached hydrogen (secondary N) is 1. The summed E-state index contributed by atoms with van der Waals surface area (Å²) in [6.45, 7) is 3.79. The summed E-state index contributed by atoms with van der Waals surface area (Å²) in [4.78, 5) is 4.06. The smallest absolute Gasteiger partial charge is 0.236 e. The summed E-state index contributed by atoms with van der Waals surface area (Å²) in [5, 5.41) is 0. The first-order chi connectivity index (χ1) is 12.0. The van der Waals surface area contributed by atoms with Gasteiger partial charge in [0.2, 0.25) is 24.2 Å². The number of thiazole rings is 1. The first kappa shape index (κ1) is 18.8. The zero-order chi connectivity index (χ0) is 19.1. The minimum Gasteiger partial charge on any atom is -0.283 e. The number of aryl methyl sites for hydroxylation is 2. The van der Waals surface area contributed by atoms with Crippen LogP contribution in [0.2, 0.25) is 0 Å². The maximum absolute atomic E-state index is 12.5. The van der Waals surface area contributed by atoms with Crippen molar-refractivity contribution in [1.29, 1.82) is 0 Å². The number of hydrogen-bond acceptors (Lipinski definition) is 6. The Bertz CT molecular complexity index is 1200. The van der Waals surface area contributed by atoms with Crippen LogP contribution in [0.5, 0.6) is 0 Å². The van der Waals surface area contributed by atoms with Crippen molar-refractivity contribution in [3.8, 4) is 0 Å². The molecule has 26 heavy (non-hydrogen) atoms. The van der Waals surface area contributed by atoms with Crippen molar-refractivity contribution < 1.29 is 16.8 Å². The van der Waals surface area contributed by atoms with Gasteiger partial charge >= 0.3 is 0 Å². The second-order valence-electron chi connectivity index (χ2n) is 6.23. The highest BCUT2D eigenvalue weighted by Crippen LogP contribution is 2.28. The molecule has 3 aromatic rings. The SMILES string of the molecule is Cc1ccc(C)c(CS(=O)(=O)Nc2ccc3nc(S(C)(=O)=O)sc3c2)c1. The summed E-state index contributed by atoms with van der Waals surface area (Å²) < 4.78 is 51.4. The van der Waals surface area contributed by atoms with E-state index in [-0.39, 0.29) is 10.1 Å². The molecule has 0 radical (unpaired) electrons. The molecule has 1 aromatic heterocycles. The lowest BCUT2D eigenvalue weighted by Crippen LogP contribution is -2.15. The molecule has 0 atom stereocenters. The minimum absolute atomic E-state index is 0.0166. The molecule has 0 unspecified atom stereocenters. The van der Waals surface area contributed by atoms with Gasteiger partial charge in [-0.05, 0) is 43.2 Å². The Balaban J connectivity index is 1.88. The van der Waals surface area contributed by atoms with Crippen LogP contribution in [0.4, 0.5) is 5.69 Å². The average molecular weight is 411 g/mol. The van der Waals surface area contributed by atoms with Gasteiger partial charge in [0.15, 0.2) is 0 Å². The molecule has 6 nitrogen and oxygen atoms in total. The predicted molar refractivity (Wildman–Crippen MR) is 105 cm³/mol. The van der Waals surface area contributed by atoms with Crippen LogP contribution in [-0.4, -0.2) is 28.1 Å². The molecule has 0 spiro atoms. The molecule has 0 aliphatic carbocycles. The Morgan fingerprint density at radius 3 is 2.46 bits per heavy atom. The fraction of sp³-hybridized carbons (Fsp3) is 0.235. The third-order valence-corrected chi connectivity index (χ3v) is 7.74. The van der Waals surface area contributed by atoms with Crippen LogP contribution >= 0.6 is 11.3 Å². The van der Waals surface area contributed by atoms with E-state index in [1.165, 1.54) is 0 Å². The van der Waals surface area contributed by atoms with Gasteiger partial charge in [-0.15, -0.1) is 11.3 Å². The minimum atomic E-state index is -3.60. The Labute approximate surface area is 156 Å². The molecule has 0 aliphatic heterocycles. The molecule has 1 heterocycles. The van der Waals surface area contributed by atoms with Crippen LogP contribution in [0.3, 0.4) is 0 Å². The van der Waals surface area contributed by atoms with Crippen LogP contribution < -0.4 is 4.72 Å². The summed E-state index contributed by atoms with van der Waals surface area (Å²) in [5.74, 6) is -0.129. The predicted octanol–water partition coefficient (Wildman–Crippen LogP) is 3.26. The van der Waals surface area contributed by atoms with Crippen molar-refractivity contribution in [3.63, 3.8) is 0 Å². The highest BCUT2D eigenvalue weighted by atomic mass is 32.2. The molecule has 0 saturated carbocycles. The lowest BCUT2D eigenvalue weighted by molar-refractivity contribution is 0.599. The number of nitrogens with zero attached hydrogens (tertiary/aromatic N) is 1. The van der Waals surface area contributed by atoms with Gasteiger partial charge in [0.25, 0.3) is 0 Å². The molecule has 0 aliphatic rings. The standard InChI is InChI=1S/C17H18N2O4S3/c1-11-4-5-12(2)13(8-11)10-26(22,23)19-14-6-7-15-16(9-14)24-17(18-15)25(3,20)21/h4-9,19H,10H2,1-3H3. The van der Waals surface area contributed by atoms with E-state index in [1.54, 1.807) is 18.2 Å². The maximum atomic E-state index is 12.5. The van der Waals surface area contributed by atoms with Gasteiger partial charge in [-0.3, -0.25) is 4.72 Å². The molecule has 9 heteroatoms. The Morgan fingerprint density at radius 2 is 1.77 bits per heavy atom. The normalized spacial score (nSPS) is 12.4. The Hall–Kier alpha value is -1.97. The number of rotatable bonds is 5. The van der Waals surface area contributed by atoms with Crippen LogP contribution in [-0.2, 0) is 25.6 Å². The topological polar surface area (TPSA) is 93.2 Å². The summed E-state index contributed by atoms with van der Waals surface area (Å²) in [7, 11) is -6.99. The average Bonchev–Trinajstić information content (AvgIpc) is 2.93. The van der Waals surface area contributed by atoms with E-state index in [2.05, 4.69) is 9.71 Å². The third kappa shape index (κ3) is 4.22. The highest BCUT2D eigenvalue weighted by Gasteiger charge is 2.17. The van der Waals surface area contributed by atoms with E-state index in [1.807, 2.05) is 32.0 Å². The van der Waals surface area contributed by atoms with Gasteiger partial charge in [-0.25, -0.2) is 21.8 Å². The summed E-state index contributed by atoms with van der Waals surface area (Å²) in [6, 6.07) is 10.5. The molecule has 1 N–H and O–H groups in total. The lowest BCUT2D eigenvalue weighted by Gasteiger charge is -2.10. The van der Waals surface area contributed by atoms with E-state index in [0.717, 1.165) is 34.3 Å². The Kier molecular flexibility index (Phi) is 4.80. The molecule has 138 valence electrons. The number of aromatic nitrogens is 1. The van der Waals surface area contributed by atoms with Gasteiger partial charge in [-0.2, -0.15) is 0 Å². The van der Waals surface area contributed by atoms with E-state index in [4.69, 9.17) is 0 Å². The van der Waals surface area contributed by atoms with Gasteiger partial charge in [0, 0.05) is 6.26 Å². The van der Waals surface area contributed by atoms with Crippen molar-refractivity contribution in [2.24, 2.45) is 0 Å². The van der Waals surface area contributed by atoms with Crippen LogP contribution in [0, 0.1) is 13.8 Å². The number of fused-ring (bicyclic) bond motifs is 1. The van der Waals surface area contributed by atoms with Gasteiger partial charge in [0.05, 0.1) is 21.7 Å². The molecular weight excluding hydrogens is 392 g/mol. The molecule has 0 bridgehead atoms. The van der Waals surface area contributed by atoms with Gasteiger partial charge in [0.1, 0.15) is 0 Å². The third-order valence-electron chi connectivity index (χ3n) is 3.81. The molecule has 3 rings (SSSR count). The zero-order valence-electron chi connectivity index (χ0n) is 14.5. The van der Waals surface area contributed by atoms with E-state index < -0.39 is 19.9 Å². The number of sulfonamides is 1. The first-order valence-electron chi connectivity index (χ1n) is 7.71. The van der Waals surface area contributed by atoms with Crippen molar-refractivity contribution >= 4 is 47.1 Å². The second-order valence-corrected chi connectivity index (χ2v) is 11.2. The van der Waals surface area contributed by atoms with E-state index >= 15 is 0 Å². The molecular formula is C17H18N2O4S3. The Morgan fingerprint density at radius 1 is 1.04 bits per heavy atom. The van der Waals surface area contributed by atoms with E-state index in [9.17, 15) is 16.8 Å². The zero-order valence-corrected chi connectivity index (χ0v) is 16.9. The monoisotopic (exact) mass is 410 g/mol. The molecule has 0 saturated heterocycles. The quantitative estimate of drug-likeness (QED) is 0.697. The summed E-state index contributed by atoms with van der Waals surface area (Å²) >= 11 is 1.02. The first-order valence-corrected chi connectivity index (χ1v) is 12.1. The summed E-state index contributed by atoms with van der Waals surface area (Å²) in [6.07, 6.45) is 1.10. The fourth-order valence-corrected chi connectivity index (χ4v) is 5.66. The number of benzene rings is 2. The number of anilines is 1. The molecule has 0 amide bonds. The van der Waals surface area contributed by atoms with Gasteiger partial charge in [-0.1, -0.05) is 23.8 Å². The molecule has 2 aromatic carbocycles. The van der Waals surface area contributed by atoms with Gasteiger partial charge < -0.3 is 0 Å². The summed E-state index contributed by atoms with van der Waals surface area (Å²) in [5.41, 5.74) is 3.56. The van der Waals surface area contributed by atoms with Crippen molar-refractivity contribution in [1.82, 2.24) is 4.98 Å². The lowest BCUT2D eigenvalue weighted by atomic mass is 10.1. The van der Waals surface area contributed by atoms with Crippen LogP contribution in [0.25, 0.3) is 10.2 Å².